The first-order valence-electron chi connectivity index (χ1n) is 4.28. The molecule has 0 N–H and O–H groups in total. The highest BCUT2D eigenvalue weighted by atomic mass is 19.1. The van der Waals surface area contributed by atoms with Crippen molar-refractivity contribution in [2.24, 2.45) is 0 Å². The zero-order valence-electron chi connectivity index (χ0n) is 7.87. The van der Waals surface area contributed by atoms with Gasteiger partial charge in [0.05, 0.1) is 5.56 Å². The van der Waals surface area contributed by atoms with Gasteiger partial charge in [0, 0.05) is 0 Å². The van der Waals surface area contributed by atoms with Crippen LogP contribution in [0.15, 0.2) is 36.4 Å². The lowest BCUT2D eigenvalue weighted by Crippen LogP contribution is -2.07. The predicted octanol–water partition coefficient (Wildman–Crippen LogP) is 2.56. The molecule has 1 aromatic carbocycles. The van der Waals surface area contributed by atoms with Crippen molar-refractivity contribution in [1.82, 2.24) is 0 Å². The predicted molar refractivity (Wildman–Crippen MR) is 51.5 cm³/mol. The third-order valence-electron chi connectivity index (χ3n) is 1.64. The van der Waals surface area contributed by atoms with Gasteiger partial charge in [-0.05, 0) is 19.1 Å². The Morgan fingerprint density at radius 2 is 2.21 bits per heavy atom. The summed E-state index contributed by atoms with van der Waals surface area (Å²) in [5.41, 5.74) is -0.0306. The molecule has 14 heavy (non-hydrogen) atoms. The quantitative estimate of drug-likeness (QED) is 0.546. The monoisotopic (exact) mass is 194 g/mol. The minimum Gasteiger partial charge on any atom is -0.458 e. The fourth-order valence-electron chi connectivity index (χ4n) is 0.925. The van der Waals surface area contributed by atoms with Crippen LogP contribution in [-0.2, 0) is 4.74 Å². The maximum absolute atomic E-state index is 13.0. The first kappa shape index (κ1) is 10.4. The summed E-state index contributed by atoms with van der Waals surface area (Å²) in [6.07, 6.45) is 3.44. The van der Waals surface area contributed by atoms with Gasteiger partial charge in [0.25, 0.3) is 0 Å². The van der Waals surface area contributed by atoms with Gasteiger partial charge in [-0.3, -0.25) is 0 Å². The average Bonchev–Trinajstić information content (AvgIpc) is 2.18. The molecule has 0 spiro atoms. The molecule has 0 aliphatic rings. The van der Waals surface area contributed by atoms with E-state index in [-0.39, 0.29) is 12.2 Å². The van der Waals surface area contributed by atoms with Crippen molar-refractivity contribution in [3.05, 3.63) is 47.8 Å². The van der Waals surface area contributed by atoms with Gasteiger partial charge < -0.3 is 4.74 Å². The Hall–Kier alpha value is -1.64. The number of benzene rings is 1. The minimum absolute atomic E-state index is 0.0306. The fraction of sp³-hybridized carbons (Fsp3) is 0.182. The summed E-state index contributed by atoms with van der Waals surface area (Å²) in [5.74, 6) is -1.20. The lowest BCUT2D eigenvalue weighted by Gasteiger charge is -2.02. The third kappa shape index (κ3) is 2.69. The van der Waals surface area contributed by atoms with Crippen LogP contribution in [-0.4, -0.2) is 12.6 Å². The van der Waals surface area contributed by atoms with E-state index < -0.39 is 11.8 Å². The van der Waals surface area contributed by atoms with Crippen molar-refractivity contribution in [3.8, 4) is 0 Å². The second kappa shape index (κ2) is 5.17. The molecule has 0 fully saturated rings. The van der Waals surface area contributed by atoms with Crippen molar-refractivity contribution in [2.45, 2.75) is 6.92 Å². The summed E-state index contributed by atoms with van der Waals surface area (Å²) in [6, 6.07) is 5.74. The molecular weight excluding hydrogens is 183 g/mol. The standard InChI is InChI=1S/C11H11FO2/c1-2-3-8-14-11(13)9-6-4-5-7-10(9)12/h2-7H,8H2,1H3/b3-2+. The minimum atomic E-state index is -0.638. The van der Waals surface area contributed by atoms with Crippen LogP contribution < -0.4 is 0 Å². The number of hydrogen-bond donors (Lipinski definition) is 0. The van der Waals surface area contributed by atoms with Crippen LogP contribution in [0.1, 0.15) is 17.3 Å². The van der Waals surface area contributed by atoms with Gasteiger partial charge in [0.2, 0.25) is 0 Å². The van der Waals surface area contributed by atoms with Crippen LogP contribution in [0.4, 0.5) is 4.39 Å². The van der Waals surface area contributed by atoms with Crippen LogP contribution in [0.5, 0.6) is 0 Å². The van der Waals surface area contributed by atoms with E-state index in [2.05, 4.69) is 0 Å². The van der Waals surface area contributed by atoms with Gasteiger partial charge in [-0.15, -0.1) is 0 Å². The van der Waals surface area contributed by atoms with Crippen LogP contribution in [0.25, 0.3) is 0 Å². The van der Waals surface area contributed by atoms with Crippen molar-refractivity contribution >= 4 is 5.97 Å². The number of carbonyl (C=O) groups excluding carboxylic acids is 1. The van der Waals surface area contributed by atoms with E-state index in [0.29, 0.717) is 0 Å². The molecule has 0 aromatic heterocycles. The van der Waals surface area contributed by atoms with Crippen molar-refractivity contribution < 1.29 is 13.9 Å². The molecule has 0 amide bonds. The van der Waals surface area contributed by atoms with Gasteiger partial charge in [-0.2, -0.15) is 0 Å². The zero-order chi connectivity index (χ0) is 10.4. The molecule has 0 saturated carbocycles. The molecule has 0 unspecified atom stereocenters. The summed E-state index contributed by atoms with van der Waals surface area (Å²) in [4.78, 5) is 11.2. The van der Waals surface area contributed by atoms with E-state index in [1.807, 2.05) is 6.92 Å². The number of allylic oxidation sites excluding steroid dienone is 1. The summed E-state index contributed by atoms with van der Waals surface area (Å²) in [6.45, 7) is 1.99. The maximum atomic E-state index is 13.0. The summed E-state index contributed by atoms with van der Waals surface area (Å²) in [5, 5.41) is 0. The highest BCUT2D eigenvalue weighted by Crippen LogP contribution is 2.07. The van der Waals surface area contributed by atoms with Crippen molar-refractivity contribution in [1.29, 1.82) is 0 Å². The number of halogens is 1. The van der Waals surface area contributed by atoms with Gasteiger partial charge in [0.1, 0.15) is 12.4 Å². The number of rotatable bonds is 3. The number of carbonyl (C=O) groups is 1. The van der Waals surface area contributed by atoms with E-state index in [0.717, 1.165) is 0 Å². The van der Waals surface area contributed by atoms with E-state index >= 15 is 0 Å². The maximum Gasteiger partial charge on any atom is 0.341 e. The van der Waals surface area contributed by atoms with E-state index in [4.69, 9.17) is 4.74 Å². The van der Waals surface area contributed by atoms with Crippen molar-refractivity contribution in [2.75, 3.05) is 6.61 Å². The largest absolute Gasteiger partial charge is 0.458 e. The molecule has 0 heterocycles. The lowest BCUT2D eigenvalue weighted by atomic mass is 10.2. The first-order chi connectivity index (χ1) is 6.75. The molecular formula is C11H11FO2. The molecule has 0 atom stereocenters. The van der Waals surface area contributed by atoms with Gasteiger partial charge in [-0.1, -0.05) is 24.3 Å². The molecule has 0 radical (unpaired) electrons. The van der Waals surface area contributed by atoms with Crippen LogP contribution in [0.3, 0.4) is 0 Å². The number of ether oxygens (including phenoxy) is 1. The lowest BCUT2D eigenvalue weighted by molar-refractivity contribution is 0.0544. The van der Waals surface area contributed by atoms with Crippen LogP contribution in [0, 0.1) is 5.82 Å². The van der Waals surface area contributed by atoms with Crippen LogP contribution in [0.2, 0.25) is 0 Å². The highest BCUT2D eigenvalue weighted by molar-refractivity contribution is 5.89. The Balaban J connectivity index is 2.65. The molecule has 3 heteroatoms. The molecule has 1 aromatic rings. The Bertz CT molecular complexity index is 345. The third-order valence-corrected chi connectivity index (χ3v) is 1.64. The number of esters is 1. The number of hydrogen-bond acceptors (Lipinski definition) is 2. The van der Waals surface area contributed by atoms with E-state index in [1.165, 1.54) is 18.2 Å². The molecule has 1 rings (SSSR count). The van der Waals surface area contributed by atoms with Gasteiger partial charge in [0.15, 0.2) is 0 Å². The van der Waals surface area contributed by atoms with E-state index in [1.54, 1.807) is 18.2 Å². The molecule has 2 nitrogen and oxygen atoms in total. The average molecular weight is 194 g/mol. The molecule has 0 bridgehead atoms. The molecule has 0 saturated heterocycles. The van der Waals surface area contributed by atoms with Crippen molar-refractivity contribution in [3.63, 3.8) is 0 Å². The SMILES string of the molecule is C/C=C/COC(=O)c1ccccc1F. The zero-order valence-corrected chi connectivity index (χ0v) is 7.87. The molecule has 74 valence electrons. The van der Waals surface area contributed by atoms with Gasteiger partial charge in [-0.25, -0.2) is 9.18 Å². The Kier molecular flexibility index (Phi) is 3.85. The molecule has 0 aliphatic carbocycles. The second-order valence-corrected chi connectivity index (χ2v) is 2.65. The highest BCUT2D eigenvalue weighted by Gasteiger charge is 2.10. The summed E-state index contributed by atoms with van der Waals surface area (Å²) < 4.78 is 17.8. The fourth-order valence-corrected chi connectivity index (χ4v) is 0.925. The Morgan fingerprint density at radius 3 is 2.86 bits per heavy atom. The topological polar surface area (TPSA) is 26.3 Å². The summed E-state index contributed by atoms with van der Waals surface area (Å²) in [7, 11) is 0. The molecule has 0 aliphatic heterocycles. The van der Waals surface area contributed by atoms with E-state index in [9.17, 15) is 9.18 Å². The Morgan fingerprint density at radius 1 is 1.50 bits per heavy atom. The normalized spacial score (nSPS) is 10.4. The first-order valence-corrected chi connectivity index (χ1v) is 4.28. The summed E-state index contributed by atoms with van der Waals surface area (Å²) >= 11 is 0. The second-order valence-electron chi connectivity index (χ2n) is 2.65. The Labute approximate surface area is 82.0 Å². The smallest absolute Gasteiger partial charge is 0.341 e. The van der Waals surface area contributed by atoms with Gasteiger partial charge >= 0.3 is 5.97 Å². The van der Waals surface area contributed by atoms with Crippen LogP contribution >= 0.6 is 0 Å².